The van der Waals surface area contributed by atoms with Gasteiger partial charge in [-0.1, -0.05) is 35.6 Å². The lowest BCUT2D eigenvalue weighted by Gasteiger charge is -2.26. The number of unbranched alkanes of at least 4 members (excludes halogenated alkanes) is 1. The minimum Gasteiger partial charge on any atom is -0.505 e. The van der Waals surface area contributed by atoms with Gasteiger partial charge >= 0.3 is 0 Å². The lowest BCUT2D eigenvalue weighted by Crippen LogP contribution is -2.35. The maximum Gasteiger partial charge on any atom is 0.275 e. The van der Waals surface area contributed by atoms with Crippen molar-refractivity contribution in [2.75, 3.05) is 32.9 Å². The summed E-state index contributed by atoms with van der Waals surface area (Å²) in [5.74, 6) is 5.38. The van der Waals surface area contributed by atoms with Crippen molar-refractivity contribution in [1.29, 1.82) is 0 Å². The molecule has 0 saturated carbocycles. The van der Waals surface area contributed by atoms with Crippen LogP contribution in [0.4, 0.5) is 0 Å². The van der Waals surface area contributed by atoms with Crippen molar-refractivity contribution in [3.05, 3.63) is 63.8 Å². The number of nitrogens with zero attached hydrogens (tertiary/aromatic N) is 3. The number of morpholine rings is 1. The Kier molecular flexibility index (Phi) is 8.50. The number of hydrogen-bond donors (Lipinski definition) is 3. The van der Waals surface area contributed by atoms with Gasteiger partial charge in [-0.05, 0) is 41.8 Å². The smallest absolute Gasteiger partial charge is 0.275 e. The van der Waals surface area contributed by atoms with E-state index in [1.54, 1.807) is 12.1 Å². The third-order valence-corrected chi connectivity index (χ3v) is 5.93. The van der Waals surface area contributed by atoms with Gasteiger partial charge in [-0.2, -0.15) is 0 Å². The maximum atomic E-state index is 12.8. The average molecular weight is 495 g/mol. The standard InChI is InChI=1S/C26H27ClN4O4/c27-21-7-5-18(6-8-21)16-28-26(34)24-25(33)22-15-19(17-31-9-12-35-13-10-31)14-20(23(22)29-30-24)4-2-1-3-11-32/h5-8,14-15,32H,1,3,9-13,16-17H2,(H,28,34)(H,29,33). The minimum absolute atomic E-state index is 0.0710. The van der Waals surface area contributed by atoms with Gasteiger partial charge in [-0.25, -0.2) is 0 Å². The van der Waals surface area contributed by atoms with E-state index >= 15 is 0 Å². The Morgan fingerprint density at radius 2 is 1.91 bits per heavy atom. The van der Waals surface area contributed by atoms with Crippen LogP contribution in [0, 0.1) is 11.8 Å². The minimum atomic E-state index is -0.527. The van der Waals surface area contributed by atoms with Crippen molar-refractivity contribution in [2.24, 2.45) is 0 Å². The topological polar surface area (TPSA) is 108 Å². The molecule has 0 atom stereocenters. The van der Waals surface area contributed by atoms with Crippen LogP contribution < -0.4 is 5.32 Å². The molecule has 0 aliphatic carbocycles. The number of nitrogens with one attached hydrogen (secondary N) is 1. The van der Waals surface area contributed by atoms with Crippen LogP contribution in [0.25, 0.3) is 10.9 Å². The van der Waals surface area contributed by atoms with Crippen molar-refractivity contribution in [1.82, 2.24) is 20.4 Å². The van der Waals surface area contributed by atoms with Crippen LogP contribution in [-0.4, -0.2) is 64.1 Å². The Balaban J connectivity index is 1.64. The zero-order valence-electron chi connectivity index (χ0n) is 19.3. The first-order chi connectivity index (χ1) is 17.0. The molecule has 1 amide bonds. The first kappa shape index (κ1) is 24.9. The molecular weight excluding hydrogens is 468 g/mol. The van der Waals surface area contributed by atoms with Gasteiger partial charge in [0.1, 0.15) is 5.52 Å². The molecule has 1 saturated heterocycles. The van der Waals surface area contributed by atoms with Crippen LogP contribution in [0.15, 0.2) is 36.4 Å². The first-order valence-electron chi connectivity index (χ1n) is 11.5. The highest BCUT2D eigenvalue weighted by Gasteiger charge is 2.20. The Morgan fingerprint density at radius 1 is 1.14 bits per heavy atom. The fraction of sp³-hybridized carbons (Fsp3) is 0.346. The summed E-state index contributed by atoms with van der Waals surface area (Å²) in [6, 6.07) is 10.9. The third-order valence-electron chi connectivity index (χ3n) is 5.67. The highest BCUT2D eigenvalue weighted by Crippen LogP contribution is 2.29. The van der Waals surface area contributed by atoms with Crippen molar-refractivity contribution in [2.45, 2.75) is 25.9 Å². The van der Waals surface area contributed by atoms with Crippen LogP contribution in [0.1, 0.15) is 40.0 Å². The van der Waals surface area contributed by atoms with Crippen LogP contribution in [0.3, 0.4) is 0 Å². The van der Waals surface area contributed by atoms with Crippen LogP contribution in [0.5, 0.6) is 5.75 Å². The summed E-state index contributed by atoms with van der Waals surface area (Å²) in [6.07, 6.45) is 1.11. The van der Waals surface area contributed by atoms with E-state index in [-0.39, 0.29) is 24.6 Å². The highest BCUT2D eigenvalue weighted by molar-refractivity contribution is 6.30. The number of amides is 1. The summed E-state index contributed by atoms with van der Waals surface area (Å²) >= 11 is 5.91. The predicted octanol–water partition coefficient (Wildman–Crippen LogP) is 2.88. The van der Waals surface area contributed by atoms with E-state index in [2.05, 4.69) is 32.3 Å². The lowest BCUT2D eigenvalue weighted by molar-refractivity contribution is 0.0342. The molecule has 0 bridgehead atoms. The van der Waals surface area contributed by atoms with Crippen molar-refractivity contribution < 1.29 is 19.7 Å². The van der Waals surface area contributed by atoms with E-state index in [1.165, 1.54) is 0 Å². The van der Waals surface area contributed by atoms with E-state index in [1.807, 2.05) is 24.3 Å². The Morgan fingerprint density at radius 3 is 2.66 bits per heavy atom. The molecule has 4 rings (SSSR count). The predicted molar refractivity (Wildman–Crippen MR) is 133 cm³/mol. The lowest BCUT2D eigenvalue weighted by atomic mass is 10.0. The summed E-state index contributed by atoms with van der Waals surface area (Å²) in [7, 11) is 0. The molecule has 1 aromatic heterocycles. The molecule has 1 aliphatic rings. The number of hydrogen-bond acceptors (Lipinski definition) is 7. The van der Waals surface area contributed by atoms with Gasteiger partial charge in [0, 0.05) is 49.6 Å². The second kappa shape index (κ2) is 12.0. The molecule has 0 spiro atoms. The summed E-state index contributed by atoms with van der Waals surface area (Å²) < 4.78 is 5.44. The Hall–Kier alpha value is -3.22. The number of rotatable bonds is 7. The van der Waals surface area contributed by atoms with Gasteiger partial charge in [0.25, 0.3) is 5.91 Å². The summed E-state index contributed by atoms with van der Waals surface area (Å²) in [4.78, 5) is 15.1. The zero-order valence-corrected chi connectivity index (χ0v) is 20.0. The molecule has 3 N–H and O–H groups in total. The van der Waals surface area contributed by atoms with Gasteiger partial charge in [0.15, 0.2) is 11.4 Å². The molecule has 182 valence electrons. The highest BCUT2D eigenvalue weighted by atomic mass is 35.5. The molecular formula is C26H27ClN4O4. The summed E-state index contributed by atoms with van der Waals surface area (Å²) in [5, 5.41) is 32.1. The molecule has 1 aliphatic heterocycles. The van der Waals surface area contributed by atoms with Gasteiger partial charge in [-0.15, -0.1) is 10.2 Å². The van der Waals surface area contributed by atoms with Gasteiger partial charge in [0.05, 0.1) is 18.8 Å². The molecule has 8 nitrogen and oxygen atoms in total. The number of ether oxygens (including phenoxy) is 1. The van der Waals surface area contributed by atoms with Crippen molar-refractivity contribution in [3.63, 3.8) is 0 Å². The van der Waals surface area contributed by atoms with E-state index in [0.717, 1.165) is 24.2 Å². The fourth-order valence-corrected chi connectivity index (χ4v) is 3.93. The van der Waals surface area contributed by atoms with E-state index in [4.69, 9.17) is 21.4 Å². The molecule has 35 heavy (non-hydrogen) atoms. The zero-order chi connectivity index (χ0) is 24.6. The van der Waals surface area contributed by atoms with Gasteiger partial charge < -0.3 is 20.3 Å². The number of aliphatic hydroxyl groups is 1. The fourth-order valence-electron chi connectivity index (χ4n) is 3.81. The number of aromatic nitrogens is 2. The quantitative estimate of drug-likeness (QED) is 0.342. The Labute approximate surface area is 208 Å². The second-order valence-corrected chi connectivity index (χ2v) is 8.70. The number of halogens is 1. The van der Waals surface area contributed by atoms with Gasteiger partial charge in [0.2, 0.25) is 0 Å². The van der Waals surface area contributed by atoms with E-state index < -0.39 is 5.91 Å². The number of carbonyl (C=O) groups excluding carboxylic acids is 1. The molecule has 9 heteroatoms. The molecule has 0 unspecified atom stereocenters. The van der Waals surface area contributed by atoms with E-state index in [9.17, 15) is 9.90 Å². The molecule has 2 heterocycles. The maximum absolute atomic E-state index is 12.8. The van der Waals surface area contributed by atoms with Crippen molar-refractivity contribution in [3.8, 4) is 17.6 Å². The van der Waals surface area contributed by atoms with E-state index in [0.29, 0.717) is 54.1 Å². The Bertz CT molecular complexity index is 1250. The number of aromatic hydroxyl groups is 1. The molecule has 1 fully saturated rings. The molecule has 3 aromatic rings. The molecule has 2 aromatic carbocycles. The first-order valence-corrected chi connectivity index (χ1v) is 11.9. The number of fused-ring (bicyclic) bond motifs is 1. The third kappa shape index (κ3) is 6.47. The van der Waals surface area contributed by atoms with Gasteiger partial charge in [-0.3, -0.25) is 9.69 Å². The second-order valence-electron chi connectivity index (χ2n) is 8.26. The summed E-state index contributed by atoms with van der Waals surface area (Å²) in [5.41, 5.74) is 2.72. The van der Waals surface area contributed by atoms with Crippen molar-refractivity contribution >= 4 is 28.4 Å². The average Bonchev–Trinajstić information content (AvgIpc) is 2.87. The van der Waals surface area contributed by atoms with Crippen LogP contribution >= 0.6 is 11.6 Å². The monoisotopic (exact) mass is 494 g/mol. The number of aliphatic hydroxyl groups excluding tert-OH is 1. The normalized spacial score (nSPS) is 13.9. The summed E-state index contributed by atoms with van der Waals surface area (Å²) in [6.45, 7) is 3.97. The molecule has 0 radical (unpaired) electrons. The SMILES string of the molecule is O=C(NCc1ccc(Cl)cc1)c1nnc2c(C#CCCCO)cc(CN3CCOCC3)cc2c1O. The van der Waals surface area contributed by atoms with Crippen LogP contribution in [-0.2, 0) is 17.8 Å². The van der Waals surface area contributed by atoms with Crippen LogP contribution in [0.2, 0.25) is 5.02 Å². The number of carbonyl (C=O) groups is 1. The number of benzene rings is 2. The largest absolute Gasteiger partial charge is 0.505 e.